The van der Waals surface area contributed by atoms with Crippen molar-refractivity contribution in [1.82, 2.24) is 4.90 Å². The van der Waals surface area contributed by atoms with Crippen molar-refractivity contribution in [3.8, 4) is 0 Å². The molecule has 0 unspecified atom stereocenters. The maximum atomic E-state index is 15.1. The zero-order valence-electron chi connectivity index (χ0n) is 16.0. The Kier molecular flexibility index (Phi) is 7.06. The van der Waals surface area contributed by atoms with E-state index in [4.69, 9.17) is 11.6 Å². The van der Waals surface area contributed by atoms with E-state index in [9.17, 15) is 9.18 Å². The molecule has 3 rings (SSSR count). The minimum Gasteiger partial charge on any atom is -0.338 e. The second-order valence-electron chi connectivity index (χ2n) is 7.62. The Morgan fingerprint density at radius 1 is 1.04 bits per heavy atom. The highest BCUT2D eigenvalue weighted by Crippen LogP contribution is 2.32. The molecule has 1 saturated heterocycles. The van der Waals surface area contributed by atoms with Gasteiger partial charge in [0.25, 0.3) is 5.91 Å². The summed E-state index contributed by atoms with van der Waals surface area (Å²) < 4.78 is 28.3. The van der Waals surface area contributed by atoms with Gasteiger partial charge >= 0.3 is 0 Å². The second kappa shape index (κ2) is 9.51. The number of halogens is 3. The standard InChI is InChI=1S/C23H26ClF2NO/c24-20-17-19(10-11-21(20)25)22(28)27-15-13-23(26,14-16-27)12-6-2-5-9-18-7-3-1-4-8-18/h1,3-4,7-8,10-11,17H,2,5-6,9,12-16H2. The van der Waals surface area contributed by atoms with Crippen molar-refractivity contribution in [2.75, 3.05) is 13.1 Å². The van der Waals surface area contributed by atoms with Crippen LogP contribution in [0.2, 0.25) is 5.02 Å². The number of likely N-dealkylation sites (tertiary alicyclic amines) is 1. The van der Waals surface area contributed by atoms with Gasteiger partial charge in [-0.25, -0.2) is 8.78 Å². The Bertz CT molecular complexity index is 788. The zero-order valence-corrected chi connectivity index (χ0v) is 16.7. The molecule has 1 amide bonds. The summed E-state index contributed by atoms with van der Waals surface area (Å²) in [7, 11) is 0. The normalized spacial score (nSPS) is 16.2. The smallest absolute Gasteiger partial charge is 0.253 e. The number of benzene rings is 2. The van der Waals surface area contributed by atoms with Crippen molar-refractivity contribution in [2.45, 2.75) is 50.6 Å². The molecule has 0 spiro atoms. The third-order valence-electron chi connectivity index (χ3n) is 5.55. The van der Waals surface area contributed by atoms with E-state index in [0.717, 1.165) is 25.7 Å². The Hall–Kier alpha value is -1.94. The van der Waals surface area contributed by atoms with E-state index in [1.54, 1.807) is 4.90 Å². The van der Waals surface area contributed by atoms with Gasteiger partial charge in [-0.3, -0.25) is 4.79 Å². The Morgan fingerprint density at radius 2 is 1.75 bits per heavy atom. The zero-order chi connectivity index (χ0) is 20.0. The number of rotatable bonds is 7. The van der Waals surface area contributed by atoms with Gasteiger partial charge in [0, 0.05) is 18.7 Å². The molecule has 0 N–H and O–H groups in total. The van der Waals surface area contributed by atoms with E-state index < -0.39 is 11.5 Å². The van der Waals surface area contributed by atoms with Crippen LogP contribution in [0.15, 0.2) is 48.5 Å². The molecule has 1 fully saturated rings. The molecule has 2 nitrogen and oxygen atoms in total. The van der Waals surface area contributed by atoms with Crippen molar-refractivity contribution < 1.29 is 13.6 Å². The molecule has 0 saturated carbocycles. The average Bonchev–Trinajstić information content (AvgIpc) is 2.71. The number of piperidine rings is 1. The van der Waals surface area contributed by atoms with Gasteiger partial charge in [-0.15, -0.1) is 0 Å². The van der Waals surface area contributed by atoms with E-state index in [2.05, 4.69) is 12.1 Å². The minimum absolute atomic E-state index is 0.0711. The molecule has 5 heteroatoms. The number of hydrogen-bond acceptors (Lipinski definition) is 1. The minimum atomic E-state index is -1.19. The summed E-state index contributed by atoms with van der Waals surface area (Å²) in [5.41, 5.74) is 0.480. The maximum Gasteiger partial charge on any atom is 0.253 e. The predicted octanol–water partition coefficient (Wildman–Crippen LogP) is 6.23. The fraction of sp³-hybridized carbons (Fsp3) is 0.435. The molecule has 2 aromatic carbocycles. The molecule has 0 atom stereocenters. The van der Waals surface area contributed by atoms with Crippen molar-refractivity contribution in [1.29, 1.82) is 0 Å². The van der Waals surface area contributed by atoms with Gasteiger partial charge in [0.15, 0.2) is 0 Å². The second-order valence-corrected chi connectivity index (χ2v) is 8.03. The molecule has 1 aliphatic rings. The van der Waals surface area contributed by atoms with Gasteiger partial charge in [0.05, 0.1) is 5.02 Å². The third-order valence-corrected chi connectivity index (χ3v) is 5.84. The molecule has 0 aromatic heterocycles. The number of amides is 1. The first-order chi connectivity index (χ1) is 13.5. The number of hydrogen-bond donors (Lipinski definition) is 0. The number of unbranched alkanes of at least 4 members (excludes halogenated alkanes) is 2. The van der Waals surface area contributed by atoms with E-state index in [1.807, 2.05) is 18.2 Å². The third kappa shape index (κ3) is 5.54. The van der Waals surface area contributed by atoms with Gasteiger partial charge in [0.2, 0.25) is 0 Å². The molecule has 2 aromatic rings. The lowest BCUT2D eigenvalue weighted by Gasteiger charge is -2.36. The molecule has 1 aliphatic heterocycles. The highest BCUT2D eigenvalue weighted by molar-refractivity contribution is 6.31. The summed E-state index contributed by atoms with van der Waals surface area (Å²) in [6.45, 7) is 0.767. The monoisotopic (exact) mass is 405 g/mol. The first-order valence-corrected chi connectivity index (χ1v) is 10.3. The van der Waals surface area contributed by atoms with Crippen LogP contribution in [0.1, 0.15) is 54.4 Å². The van der Waals surface area contributed by atoms with Gasteiger partial charge < -0.3 is 4.90 Å². The summed E-state index contributed by atoms with van der Waals surface area (Å²) >= 11 is 5.76. The van der Waals surface area contributed by atoms with Crippen LogP contribution in [0.4, 0.5) is 8.78 Å². The van der Waals surface area contributed by atoms with Gasteiger partial charge in [-0.1, -0.05) is 54.8 Å². The van der Waals surface area contributed by atoms with Crippen LogP contribution in [-0.2, 0) is 6.42 Å². The van der Waals surface area contributed by atoms with Crippen LogP contribution in [0.5, 0.6) is 0 Å². The van der Waals surface area contributed by atoms with E-state index in [1.165, 1.54) is 23.8 Å². The van der Waals surface area contributed by atoms with Gasteiger partial charge in [0.1, 0.15) is 11.5 Å². The van der Waals surface area contributed by atoms with E-state index in [0.29, 0.717) is 37.9 Å². The van der Waals surface area contributed by atoms with E-state index in [-0.39, 0.29) is 10.9 Å². The number of nitrogens with zero attached hydrogens (tertiary/aromatic N) is 1. The summed E-state index contributed by atoms with van der Waals surface area (Å²) in [5, 5.41) is -0.0711. The summed E-state index contributed by atoms with van der Waals surface area (Å²) in [4.78, 5) is 14.2. The number of carbonyl (C=O) groups is 1. The number of carbonyl (C=O) groups excluding carboxylic acids is 1. The summed E-state index contributed by atoms with van der Waals surface area (Å²) in [6, 6.07) is 14.3. The largest absolute Gasteiger partial charge is 0.338 e. The Morgan fingerprint density at radius 3 is 2.43 bits per heavy atom. The molecule has 1 heterocycles. The maximum absolute atomic E-state index is 15.1. The lowest BCUT2D eigenvalue weighted by atomic mass is 9.87. The first-order valence-electron chi connectivity index (χ1n) is 9.94. The molecule has 0 radical (unpaired) electrons. The van der Waals surface area contributed by atoms with Gasteiger partial charge in [-0.2, -0.15) is 0 Å². The summed E-state index contributed by atoms with van der Waals surface area (Å²) in [6.07, 6.45) is 5.23. The molecule has 150 valence electrons. The number of alkyl halides is 1. The number of aryl methyl sites for hydroxylation is 1. The quantitative estimate of drug-likeness (QED) is 0.500. The van der Waals surface area contributed by atoms with Crippen LogP contribution >= 0.6 is 11.6 Å². The lowest BCUT2D eigenvalue weighted by Crippen LogP contribution is -2.44. The van der Waals surface area contributed by atoms with Gasteiger partial charge in [-0.05, 0) is 55.9 Å². The molecule has 0 aliphatic carbocycles. The van der Waals surface area contributed by atoms with Crippen molar-refractivity contribution in [3.63, 3.8) is 0 Å². The fourth-order valence-electron chi connectivity index (χ4n) is 3.76. The van der Waals surface area contributed by atoms with Crippen molar-refractivity contribution in [2.24, 2.45) is 0 Å². The van der Waals surface area contributed by atoms with Crippen LogP contribution in [0.3, 0.4) is 0 Å². The van der Waals surface area contributed by atoms with Crippen LogP contribution in [0.25, 0.3) is 0 Å². The molecular weight excluding hydrogens is 380 g/mol. The topological polar surface area (TPSA) is 20.3 Å². The fourth-order valence-corrected chi connectivity index (χ4v) is 3.95. The lowest BCUT2D eigenvalue weighted by molar-refractivity contribution is 0.0386. The van der Waals surface area contributed by atoms with E-state index >= 15 is 4.39 Å². The highest BCUT2D eigenvalue weighted by Gasteiger charge is 2.35. The van der Waals surface area contributed by atoms with Crippen LogP contribution in [0, 0.1) is 5.82 Å². The molecular formula is C23H26ClF2NO. The Labute approximate surface area is 170 Å². The highest BCUT2D eigenvalue weighted by atomic mass is 35.5. The first kappa shape index (κ1) is 20.8. The van der Waals surface area contributed by atoms with Crippen LogP contribution < -0.4 is 0 Å². The van der Waals surface area contributed by atoms with Crippen LogP contribution in [-0.4, -0.2) is 29.6 Å². The molecule has 0 bridgehead atoms. The van der Waals surface area contributed by atoms with Crippen molar-refractivity contribution in [3.05, 3.63) is 70.5 Å². The average molecular weight is 406 g/mol. The summed E-state index contributed by atoms with van der Waals surface area (Å²) in [5.74, 6) is -0.765. The van der Waals surface area contributed by atoms with Crippen molar-refractivity contribution >= 4 is 17.5 Å². The molecule has 28 heavy (non-hydrogen) atoms. The Balaban J connectivity index is 1.40. The predicted molar refractivity (Wildman–Crippen MR) is 109 cm³/mol. The SMILES string of the molecule is O=C(c1ccc(F)c(Cl)c1)N1CCC(F)(CCCCCc2ccccc2)CC1.